The van der Waals surface area contributed by atoms with Gasteiger partial charge in [-0.1, -0.05) is 6.07 Å². The predicted octanol–water partition coefficient (Wildman–Crippen LogP) is 3.03. The maximum atomic E-state index is 11.0. The highest BCUT2D eigenvalue weighted by Crippen LogP contribution is 2.28. The Morgan fingerprint density at radius 3 is 2.68 bits per heavy atom. The number of nitro groups is 1. The van der Waals surface area contributed by atoms with Crippen molar-refractivity contribution >= 4 is 21.6 Å². The van der Waals surface area contributed by atoms with E-state index in [1.165, 1.54) is 4.68 Å². The summed E-state index contributed by atoms with van der Waals surface area (Å²) in [6, 6.07) is 7.26. The second-order valence-electron chi connectivity index (χ2n) is 3.93. The number of aryl methyl sites for hydroxylation is 1. The third kappa shape index (κ3) is 2.11. The zero-order valence-corrected chi connectivity index (χ0v) is 11.8. The van der Waals surface area contributed by atoms with Gasteiger partial charge in [0.1, 0.15) is 17.5 Å². The molecule has 0 radical (unpaired) electrons. The highest BCUT2D eigenvalue weighted by atomic mass is 79.9. The molecule has 19 heavy (non-hydrogen) atoms. The van der Waals surface area contributed by atoms with E-state index in [9.17, 15) is 15.4 Å². The third-order valence-electron chi connectivity index (χ3n) is 2.77. The Labute approximate surface area is 117 Å². The Morgan fingerprint density at radius 2 is 2.16 bits per heavy atom. The van der Waals surface area contributed by atoms with Gasteiger partial charge in [0.2, 0.25) is 0 Å². The smallest absolute Gasteiger partial charge is 0.258 e. The van der Waals surface area contributed by atoms with Crippen molar-refractivity contribution in [1.29, 1.82) is 5.26 Å². The minimum atomic E-state index is -0.460. The van der Waals surface area contributed by atoms with E-state index >= 15 is 0 Å². The number of rotatable bonds is 2. The topological polar surface area (TPSA) is 84.8 Å². The maximum absolute atomic E-state index is 11.0. The van der Waals surface area contributed by atoms with Crippen molar-refractivity contribution in [3.8, 4) is 11.8 Å². The number of nitrogens with zero attached hydrogens (tertiary/aromatic N) is 4. The summed E-state index contributed by atoms with van der Waals surface area (Å²) < 4.78 is 2.05. The average molecular weight is 321 g/mol. The van der Waals surface area contributed by atoms with E-state index in [0.717, 1.165) is 0 Å². The van der Waals surface area contributed by atoms with Gasteiger partial charge in [0, 0.05) is 4.47 Å². The number of nitriles is 1. The number of hydrogen-bond donors (Lipinski definition) is 0. The predicted molar refractivity (Wildman–Crippen MR) is 72.1 cm³/mol. The molecule has 2 aromatic rings. The Morgan fingerprint density at radius 1 is 1.47 bits per heavy atom. The Kier molecular flexibility index (Phi) is 3.36. The molecule has 0 amide bonds. The van der Waals surface area contributed by atoms with Crippen LogP contribution in [0.2, 0.25) is 0 Å². The zero-order chi connectivity index (χ0) is 14.2. The van der Waals surface area contributed by atoms with Crippen LogP contribution in [0.3, 0.4) is 0 Å². The van der Waals surface area contributed by atoms with E-state index in [1.807, 2.05) is 0 Å². The summed E-state index contributed by atoms with van der Waals surface area (Å²) in [5.41, 5.74) is 1.61. The van der Waals surface area contributed by atoms with E-state index in [2.05, 4.69) is 27.1 Å². The van der Waals surface area contributed by atoms with Crippen LogP contribution in [0.4, 0.5) is 5.69 Å². The van der Waals surface area contributed by atoms with Crippen molar-refractivity contribution in [1.82, 2.24) is 9.78 Å². The van der Waals surface area contributed by atoms with Gasteiger partial charge in [0.25, 0.3) is 0 Å². The van der Waals surface area contributed by atoms with Gasteiger partial charge in [-0.05, 0) is 41.9 Å². The van der Waals surface area contributed by atoms with Gasteiger partial charge in [0.15, 0.2) is 0 Å². The molecule has 0 saturated carbocycles. The minimum Gasteiger partial charge on any atom is -0.258 e. The highest BCUT2D eigenvalue weighted by Gasteiger charge is 2.23. The monoisotopic (exact) mass is 320 g/mol. The first-order chi connectivity index (χ1) is 8.97. The molecule has 0 aliphatic heterocycles. The van der Waals surface area contributed by atoms with Crippen LogP contribution in [0.25, 0.3) is 5.69 Å². The normalized spacial score (nSPS) is 10.2. The number of halogens is 1. The molecule has 0 spiro atoms. The summed E-state index contributed by atoms with van der Waals surface area (Å²) >= 11 is 3.29. The lowest BCUT2D eigenvalue weighted by Gasteiger charge is -2.06. The average Bonchev–Trinajstić information content (AvgIpc) is 2.64. The lowest BCUT2D eigenvalue weighted by Crippen LogP contribution is -2.02. The van der Waals surface area contributed by atoms with E-state index in [1.54, 1.807) is 32.0 Å². The van der Waals surface area contributed by atoms with E-state index in [4.69, 9.17) is 0 Å². The van der Waals surface area contributed by atoms with Gasteiger partial charge >= 0.3 is 5.69 Å². The van der Waals surface area contributed by atoms with Gasteiger partial charge in [-0.15, -0.1) is 0 Å². The molecule has 96 valence electrons. The molecule has 0 saturated heterocycles. The molecule has 0 aliphatic rings. The zero-order valence-electron chi connectivity index (χ0n) is 10.2. The Hall–Kier alpha value is -2.20. The highest BCUT2D eigenvalue weighted by molar-refractivity contribution is 9.10. The van der Waals surface area contributed by atoms with Gasteiger partial charge < -0.3 is 0 Å². The second kappa shape index (κ2) is 4.82. The first-order valence-corrected chi connectivity index (χ1v) is 6.16. The summed E-state index contributed by atoms with van der Waals surface area (Å²) in [5.74, 6) is 0. The summed E-state index contributed by atoms with van der Waals surface area (Å²) in [6.45, 7) is 3.19. The molecule has 0 atom stereocenters. The summed E-state index contributed by atoms with van der Waals surface area (Å²) in [4.78, 5) is 10.5. The standard InChI is InChI=1S/C12H9BrN4O2/c1-7-12(17(18)19)8(2)16(15-7)11-5-3-4-10(13)9(11)6-14/h3-5H,1-2H3. The Balaban J connectivity index is 2.75. The van der Waals surface area contributed by atoms with Crippen LogP contribution in [0.5, 0.6) is 0 Å². The molecule has 1 heterocycles. The van der Waals surface area contributed by atoms with Crippen molar-refractivity contribution in [2.75, 3.05) is 0 Å². The number of hydrogen-bond acceptors (Lipinski definition) is 4. The van der Waals surface area contributed by atoms with Gasteiger partial charge in [-0.2, -0.15) is 10.4 Å². The van der Waals surface area contributed by atoms with Crippen LogP contribution in [0, 0.1) is 35.3 Å². The van der Waals surface area contributed by atoms with Crippen LogP contribution in [-0.4, -0.2) is 14.7 Å². The van der Waals surface area contributed by atoms with Gasteiger partial charge in [0.05, 0.1) is 16.2 Å². The van der Waals surface area contributed by atoms with Crippen molar-refractivity contribution in [2.24, 2.45) is 0 Å². The van der Waals surface area contributed by atoms with Crippen LogP contribution < -0.4 is 0 Å². The SMILES string of the molecule is Cc1nn(-c2cccc(Br)c2C#N)c(C)c1[N+](=O)[O-]. The quantitative estimate of drug-likeness (QED) is 0.628. The van der Waals surface area contributed by atoms with Crippen LogP contribution in [0.15, 0.2) is 22.7 Å². The summed E-state index contributed by atoms with van der Waals surface area (Å²) in [5, 5.41) is 24.3. The number of aromatic nitrogens is 2. The molecule has 0 N–H and O–H groups in total. The Bertz CT molecular complexity index is 715. The first kappa shape index (κ1) is 13.2. The molecular formula is C12H9BrN4O2. The van der Waals surface area contributed by atoms with Gasteiger partial charge in [-0.3, -0.25) is 10.1 Å². The summed E-state index contributed by atoms with van der Waals surface area (Å²) in [6.07, 6.45) is 0. The molecule has 2 rings (SSSR count). The van der Waals surface area contributed by atoms with Crippen LogP contribution in [0.1, 0.15) is 17.0 Å². The molecule has 0 fully saturated rings. The fraction of sp³-hybridized carbons (Fsp3) is 0.167. The number of benzene rings is 1. The van der Waals surface area contributed by atoms with Crippen molar-refractivity contribution in [3.63, 3.8) is 0 Å². The fourth-order valence-corrected chi connectivity index (χ4v) is 2.38. The molecular weight excluding hydrogens is 312 g/mol. The van der Waals surface area contributed by atoms with Crippen LogP contribution >= 0.6 is 15.9 Å². The lowest BCUT2D eigenvalue weighted by molar-refractivity contribution is -0.386. The summed E-state index contributed by atoms with van der Waals surface area (Å²) in [7, 11) is 0. The largest absolute Gasteiger partial charge is 0.313 e. The molecule has 1 aromatic carbocycles. The van der Waals surface area contributed by atoms with E-state index in [0.29, 0.717) is 27.1 Å². The molecule has 7 heteroatoms. The van der Waals surface area contributed by atoms with E-state index in [-0.39, 0.29) is 5.69 Å². The third-order valence-corrected chi connectivity index (χ3v) is 3.43. The molecule has 0 unspecified atom stereocenters. The van der Waals surface area contributed by atoms with Crippen LogP contribution in [-0.2, 0) is 0 Å². The lowest BCUT2D eigenvalue weighted by atomic mass is 10.2. The second-order valence-corrected chi connectivity index (χ2v) is 4.79. The van der Waals surface area contributed by atoms with E-state index < -0.39 is 4.92 Å². The minimum absolute atomic E-state index is 0.0242. The maximum Gasteiger partial charge on any atom is 0.313 e. The fourth-order valence-electron chi connectivity index (χ4n) is 1.93. The first-order valence-electron chi connectivity index (χ1n) is 5.37. The molecule has 1 aromatic heterocycles. The molecule has 6 nitrogen and oxygen atoms in total. The molecule has 0 bridgehead atoms. The van der Waals surface area contributed by atoms with Crippen molar-refractivity contribution < 1.29 is 4.92 Å². The van der Waals surface area contributed by atoms with Crippen molar-refractivity contribution in [2.45, 2.75) is 13.8 Å². The van der Waals surface area contributed by atoms with Gasteiger partial charge in [-0.25, -0.2) is 4.68 Å². The van der Waals surface area contributed by atoms with Crippen molar-refractivity contribution in [3.05, 3.63) is 49.7 Å². The molecule has 0 aliphatic carbocycles.